The fraction of sp³-hybridized carbons (Fsp3) is 0.706. The Morgan fingerprint density at radius 3 is 1.96 bits per heavy atom. The molecule has 0 aliphatic rings. The molecule has 0 spiro atoms. The van der Waals surface area contributed by atoms with Crippen LogP contribution in [0, 0.1) is 22.8 Å². The molecule has 0 rings (SSSR count). The van der Waals surface area contributed by atoms with Crippen molar-refractivity contribution in [3.05, 3.63) is 0 Å². The molecule has 0 aliphatic carbocycles. The van der Waals surface area contributed by atoms with E-state index in [-0.39, 0.29) is 18.9 Å². The summed E-state index contributed by atoms with van der Waals surface area (Å²) in [5.41, 5.74) is 1.33. The summed E-state index contributed by atoms with van der Waals surface area (Å²) in [5.74, 6) is 0.288. The molecule has 0 amide bonds. The molecule has 25 heavy (non-hydrogen) atoms. The highest BCUT2D eigenvalue weighted by Gasteiger charge is 2.57. The second kappa shape index (κ2) is 9.97. The van der Waals surface area contributed by atoms with Gasteiger partial charge < -0.3 is 14.2 Å². The average Bonchev–Trinajstić information content (AvgIpc) is 2.55. The van der Waals surface area contributed by atoms with Gasteiger partial charge in [-0.15, -0.1) is 11.5 Å². The summed E-state index contributed by atoms with van der Waals surface area (Å²) >= 11 is 3.15. The molecule has 0 saturated carbocycles. The van der Waals surface area contributed by atoms with Crippen LogP contribution in [0.1, 0.15) is 20.3 Å². The highest BCUT2D eigenvalue weighted by atomic mass is 79.9. The Morgan fingerprint density at radius 2 is 1.60 bits per heavy atom. The third kappa shape index (κ3) is 6.48. The fourth-order valence-electron chi connectivity index (χ4n) is 2.21. The minimum absolute atomic E-state index is 0.0292. The number of rotatable bonds is 7. The molecule has 0 N–H and O–H groups in total. The van der Waals surface area contributed by atoms with Gasteiger partial charge in [0.05, 0.1) is 20.8 Å². The van der Waals surface area contributed by atoms with Crippen LogP contribution < -0.4 is 0 Å². The Morgan fingerprint density at radius 1 is 1.12 bits per heavy atom. The molecule has 0 aromatic carbocycles. The van der Waals surface area contributed by atoms with Crippen LogP contribution in [-0.4, -0.2) is 51.6 Å². The van der Waals surface area contributed by atoms with E-state index in [2.05, 4.69) is 47.0 Å². The molecule has 0 aromatic rings. The van der Waals surface area contributed by atoms with Crippen LogP contribution in [0.3, 0.4) is 0 Å². The number of methoxy groups -OCH3 is 2. The summed E-state index contributed by atoms with van der Waals surface area (Å²) in [6.45, 7) is 9.81. The van der Waals surface area contributed by atoms with Crippen molar-refractivity contribution in [2.24, 2.45) is 11.3 Å². The third-order valence-corrected chi connectivity index (χ3v) is 5.40. The number of halogens is 1. The topological polar surface area (TPSA) is 78.9 Å². The number of alkyl halides is 1. The SMILES string of the molecule is CCOC(=O)C(Br)C(CC(C)C#C[Si](C)(C)C)(C(=O)OC)C(=O)OC. The van der Waals surface area contributed by atoms with Crippen LogP contribution in [0.15, 0.2) is 0 Å². The van der Waals surface area contributed by atoms with Crippen LogP contribution in [-0.2, 0) is 28.6 Å². The van der Waals surface area contributed by atoms with E-state index >= 15 is 0 Å². The van der Waals surface area contributed by atoms with Crippen LogP contribution in [0.4, 0.5) is 0 Å². The van der Waals surface area contributed by atoms with E-state index in [4.69, 9.17) is 14.2 Å². The molecule has 0 heterocycles. The van der Waals surface area contributed by atoms with Crippen molar-refractivity contribution >= 4 is 41.9 Å². The Labute approximate surface area is 159 Å². The van der Waals surface area contributed by atoms with Gasteiger partial charge in [-0.1, -0.05) is 42.5 Å². The van der Waals surface area contributed by atoms with Crippen molar-refractivity contribution in [1.29, 1.82) is 0 Å². The van der Waals surface area contributed by atoms with E-state index in [1.807, 2.05) is 0 Å². The third-order valence-electron chi connectivity index (χ3n) is 3.35. The molecule has 8 heteroatoms. The molecule has 0 fully saturated rings. The first-order chi connectivity index (χ1) is 11.5. The van der Waals surface area contributed by atoms with Crippen LogP contribution >= 0.6 is 15.9 Å². The van der Waals surface area contributed by atoms with E-state index in [0.29, 0.717) is 0 Å². The lowest BCUT2D eigenvalue weighted by Gasteiger charge is -2.32. The van der Waals surface area contributed by atoms with Crippen molar-refractivity contribution in [3.8, 4) is 11.5 Å². The Hall–Kier alpha value is -1.33. The first kappa shape index (κ1) is 23.7. The van der Waals surface area contributed by atoms with Gasteiger partial charge in [0, 0.05) is 5.92 Å². The zero-order valence-corrected chi connectivity index (χ0v) is 18.5. The number of ether oxygens (including phenoxy) is 3. The summed E-state index contributed by atoms with van der Waals surface area (Å²) in [6, 6.07) is 0. The maximum atomic E-state index is 12.5. The molecule has 2 atom stereocenters. The van der Waals surface area contributed by atoms with Crippen molar-refractivity contribution in [1.82, 2.24) is 0 Å². The Bertz CT molecular complexity index is 542. The van der Waals surface area contributed by atoms with Crippen molar-refractivity contribution in [2.45, 2.75) is 44.7 Å². The summed E-state index contributed by atoms with van der Waals surface area (Å²) in [7, 11) is 0.687. The van der Waals surface area contributed by atoms with Crippen molar-refractivity contribution < 1.29 is 28.6 Å². The summed E-state index contributed by atoms with van der Waals surface area (Å²) < 4.78 is 14.6. The average molecular weight is 435 g/mol. The predicted octanol–water partition coefficient (Wildman–Crippen LogP) is 2.55. The molecule has 0 bridgehead atoms. The maximum absolute atomic E-state index is 12.5. The van der Waals surface area contributed by atoms with Crippen molar-refractivity contribution in [3.63, 3.8) is 0 Å². The van der Waals surface area contributed by atoms with Gasteiger partial charge in [-0.2, -0.15) is 0 Å². The molecule has 0 radical (unpaired) electrons. The molecular formula is C17H27BrO6Si. The van der Waals surface area contributed by atoms with Crippen LogP contribution in [0.5, 0.6) is 0 Å². The Kier molecular flexibility index (Phi) is 9.44. The quantitative estimate of drug-likeness (QED) is 0.153. The zero-order chi connectivity index (χ0) is 19.8. The number of carbonyl (C=O) groups excluding carboxylic acids is 3. The second-order valence-electron chi connectivity index (χ2n) is 6.69. The van der Waals surface area contributed by atoms with Gasteiger partial charge in [-0.25, -0.2) is 0 Å². The fourth-order valence-corrected chi connectivity index (χ4v) is 3.59. The number of esters is 3. The van der Waals surface area contributed by atoms with Gasteiger partial charge in [-0.3, -0.25) is 14.4 Å². The largest absolute Gasteiger partial charge is 0.468 e. The highest BCUT2D eigenvalue weighted by molar-refractivity contribution is 9.10. The van der Waals surface area contributed by atoms with Gasteiger partial charge >= 0.3 is 17.9 Å². The van der Waals surface area contributed by atoms with Gasteiger partial charge in [0.15, 0.2) is 5.41 Å². The number of hydrogen-bond donors (Lipinski definition) is 0. The lowest BCUT2D eigenvalue weighted by Crippen LogP contribution is -2.52. The van der Waals surface area contributed by atoms with Gasteiger partial charge in [0.25, 0.3) is 0 Å². The Balaban J connectivity index is 6.01. The molecule has 2 unspecified atom stereocenters. The predicted molar refractivity (Wildman–Crippen MR) is 101 cm³/mol. The number of carbonyl (C=O) groups is 3. The lowest BCUT2D eigenvalue weighted by atomic mass is 9.76. The van der Waals surface area contributed by atoms with Crippen LogP contribution in [0.2, 0.25) is 19.6 Å². The highest BCUT2D eigenvalue weighted by Crippen LogP contribution is 2.38. The smallest absolute Gasteiger partial charge is 0.325 e. The molecule has 0 aromatic heterocycles. The van der Waals surface area contributed by atoms with E-state index in [9.17, 15) is 14.4 Å². The molecule has 6 nitrogen and oxygen atoms in total. The van der Waals surface area contributed by atoms with E-state index < -0.39 is 36.2 Å². The van der Waals surface area contributed by atoms with Gasteiger partial charge in [0.1, 0.15) is 12.9 Å². The first-order valence-corrected chi connectivity index (χ1v) is 12.4. The van der Waals surface area contributed by atoms with Crippen LogP contribution in [0.25, 0.3) is 0 Å². The minimum atomic E-state index is -1.87. The zero-order valence-electron chi connectivity index (χ0n) is 15.9. The monoisotopic (exact) mass is 434 g/mol. The minimum Gasteiger partial charge on any atom is -0.468 e. The van der Waals surface area contributed by atoms with E-state index in [1.165, 1.54) is 0 Å². The normalized spacial score (nSPS) is 13.8. The molecular weight excluding hydrogens is 408 g/mol. The maximum Gasteiger partial charge on any atom is 0.325 e. The van der Waals surface area contributed by atoms with Gasteiger partial charge in [0.2, 0.25) is 0 Å². The summed E-state index contributed by atoms with van der Waals surface area (Å²) in [5, 5.41) is 0. The molecule has 142 valence electrons. The van der Waals surface area contributed by atoms with Crippen molar-refractivity contribution in [2.75, 3.05) is 20.8 Å². The molecule has 0 aliphatic heterocycles. The lowest BCUT2D eigenvalue weighted by molar-refractivity contribution is -0.174. The standard InChI is InChI=1S/C17H27BrO6Si/c1-8-24-14(19)13(18)17(15(20)22-3,16(21)23-4)11-12(2)9-10-25(5,6)7/h12-13H,8,11H2,1-7H3. The summed E-state index contributed by atoms with van der Waals surface area (Å²) in [4.78, 5) is 36.0. The first-order valence-electron chi connectivity index (χ1n) is 7.96. The number of hydrogen-bond acceptors (Lipinski definition) is 6. The van der Waals surface area contributed by atoms with Gasteiger partial charge in [-0.05, 0) is 13.3 Å². The molecule has 0 saturated heterocycles. The second-order valence-corrected chi connectivity index (χ2v) is 12.4. The van der Waals surface area contributed by atoms with E-state index in [0.717, 1.165) is 14.2 Å². The summed E-state index contributed by atoms with van der Waals surface area (Å²) in [6.07, 6.45) is -0.0292. The van der Waals surface area contributed by atoms with E-state index in [1.54, 1.807) is 13.8 Å².